The van der Waals surface area contributed by atoms with Crippen molar-refractivity contribution in [3.05, 3.63) is 83.4 Å². The van der Waals surface area contributed by atoms with Crippen LogP contribution in [0.2, 0.25) is 0 Å². The fourth-order valence-electron chi connectivity index (χ4n) is 3.09. The van der Waals surface area contributed by atoms with Gasteiger partial charge in [-0.2, -0.15) is 0 Å². The number of hydrogen-bond acceptors (Lipinski definition) is 1. The Labute approximate surface area is 138 Å². The molecule has 0 aromatic heterocycles. The summed E-state index contributed by atoms with van der Waals surface area (Å²) in [4.78, 5) is 0. The molecule has 0 aliphatic carbocycles. The van der Waals surface area contributed by atoms with Crippen LogP contribution in [0, 0.1) is 13.8 Å². The predicted molar refractivity (Wildman–Crippen MR) is 97.4 cm³/mol. The van der Waals surface area contributed by atoms with Crippen molar-refractivity contribution in [2.75, 3.05) is 0 Å². The molecule has 0 bridgehead atoms. The zero-order valence-corrected chi connectivity index (χ0v) is 13.9. The quantitative estimate of drug-likeness (QED) is 0.659. The number of benzene rings is 3. The Balaban J connectivity index is 2.23. The topological polar surface area (TPSA) is 20.2 Å². The molecule has 0 radical (unpaired) electrons. The van der Waals surface area contributed by atoms with Crippen LogP contribution in [0.3, 0.4) is 0 Å². The van der Waals surface area contributed by atoms with Crippen molar-refractivity contribution in [2.24, 2.45) is 0 Å². The summed E-state index contributed by atoms with van der Waals surface area (Å²) in [6.45, 7) is 6.07. The van der Waals surface area contributed by atoms with Gasteiger partial charge in [-0.25, -0.2) is 0 Å². The Morgan fingerprint density at radius 2 is 1.26 bits per heavy atom. The number of aliphatic hydroxyl groups excluding tert-OH is 1. The highest BCUT2D eigenvalue weighted by atomic mass is 16.3. The van der Waals surface area contributed by atoms with Crippen LogP contribution >= 0.6 is 0 Å². The summed E-state index contributed by atoms with van der Waals surface area (Å²) >= 11 is 0. The highest BCUT2D eigenvalue weighted by molar-refractivity contribution is 5.78. The van der Waals surface area contributed by atoms with Gasteiger partial charge in [0.25, 0.3) is 0 Å². The van der Waals surface area contributed by atoms with Crippen molar-refractivity contribution in [3.8, 4) is 22.3 Å². The minimum atomic E-state index is -0.490. The summed E-state index contributed by atoms with van der Waals surface area (Å²) < 4.78 is 0. The molecule has 0 aliphatic rings. The number of rotatable bonds is 3. The van der Waals surface area contributed by atoms with E-state index in [1.54, 1.807) is 0 Å². The number of hydrogen-bond donors (Lipinski definition) is 1. The van der Waals surface area contributed by atoms with E-state index in [9.17, 15) is 5.11 Å². The Morgan fingerprint density at radius 3 is 1.83 bits per heavy atom. The smallest absolute Gasteiger partial charge is 0.0767 e. The zero-order chi connectivity index (χ0) is 16.4. The Hall–Kier alpha value is -2.38. The first-order valence-electron chi connectivity index (χ1n) is 8.02. The lowest BCUT2D eigenvalue weighted by Gasteiger charge is -2.17. The Morgan fingerprint density at radius 1 is 0.696 bits per heavy atom. The number of aliphatic hydroxyl groups is 1. The number of aryl methyl sites for hydroxylation is 2. The third-order valence-electron chi connectivity index (χ3n) is 4.39. The lowest BCUT2D eigenvalue weighted by molar-refractivity contribution is 0.200. The Kier molecular flexibility index (Phi) is 4.31. The largest absolute Gasteiger partial charge is 0.389 e. The van der Waals surface area contributed by atoms with E-state index in [0.29, 0.717) is 0 Å². The fraction of sp³-hybridized carbons (Fsp3) is 0.182. The second-order valence-electron chi connectivity index (χ2n) is 6.11. The summed E-state index contributed by atoms with van der Waals surface area (Å²) in [5.41, 5.74) is 8.16. The third-order valence-corrected chi connectivity index (χ3v) is 4.39. The maximum Gasteiger partial charge on any atom is 0.0767 e. The molecule has 0 saturated heterocycles. The molecule has 0 heterocycles. The van der Waals surface area contributed by atoms with E-state index in [2.05, 4.69) is 68.4 Å². The average molecular weight is 302 g/mol. The maximum atomic E-state index is 10.2. The molecule has 1 nitrogen and oxygen atoms in total. The molecule has 3 rings (SSSR count). The van der Waals surface area contributed by atoms with E-state index >= 15 is 0 Å². The van der Waals surface area contributed by atoms with Gasteiger partial charge in [-0.3, -0.25) is 0 Å². The van der Waals surface area contributed by atoms with Gasteiger partial charge in [0.05, 0.1) is 6.10 Å². The van der Waals surface area contributed by atoms with E-state index in [0.717, 1.165) is 11.1 Å². The van der Waals surface area contributed by atoms with Gasteiger partial charge in [-0.05, 0) is 65.8 Å². The molecule has 1 heteroatoms. The molecule has 0 aliphatic heterocycles. The van der Waals surface area contributed by atoms with Crippen LogP contribution in [0.25, 0.3) is 22.3 Å². The van der Waals surface area contributed by atoms with Gasteiger partial charge in [-0.1, -0.05) is 60.7 Å². The van der Waals surface area contributed by atoms with Crippen LogP contribution in [0.15, 0.2) is 66.7 Å². The van der Waals surface area contributed by atoms with Crippen molar-refractivity contribution in [1.29, 1.82) is 0 Å². The standard InChI is InChI=1S/C22H22O/c1-15-8-4-6-10-19(15)18-12-13-21(17(3)23)22(14-18)20-11-7-5-9-16(20)2/h4-14,17,23H,1-3H3/t17-/m0/s1. The van der Waals surface area contributed by atoms with Gasteiger partial charge >= 0.3 is 0 Å². The highest BCUT2D eigenvalue weighted by Crippen LogP contribution is 2.35. The summed E-state index contributed by atoms with van der Waals surface area (Å²) in [5, 5.41) is 10.2. The first-order chi connectivity index (χ1) is 11.1. The Bertz CT molecular complexity index is 831. The molecular weight excluding hydrogens is 280 g/mol. The zero-order valence-electron chi connectivity index (χ0n) is 13.9. The third kappa shape index (κ3) is 3.06. The summed E-state index contributed by atoms with van der Waals surface area (Å²) in [7, 11) is 0. The van der Waals surface area contributed by atoms with Crippen molar-refractivity contribution in [3.63, 3.8) is 0 Å². The molecule has 0 fully saturated rings. The van der Waals surface area contributed by atoms with Crippen LogP contribution < -0.4 is 0 Å². The van der Waals surface area contributed by atoms with E-state index in [-0.39, 0.29) is 0 Å². The molecule has 0 amide bonds. The van der Waals surface area contributed by atoms with Crippen LogP contribution in [0.1, 0.15) is 29.7 Å². The average Bonchev–Trinajstić information content (AvgIpc) is 2.55. The predicted octanol–water partition coefficient (Wildman–Crippen LogP) is 5.69. The van der Waals surface area contributed by atoms with Gasteiger partial charge < -0.3 is 5.11 Å². The van der Waals surface area contributed by atoms with Crippen molar-refractivity contribution in [2.45, 2.75) is 26.9 Å². The van der Waals surface area contributed by atoms with E-state index < -0.39 is 6.10 Å². The molecule has 3 aromatic rings. The second kappa shape index (κ2) is 6.39. The molecule has 1 atom stereocenters. The summed E-state index contributed by atoms with van der Waals surface area (Å²) in [6, 6.07) is 23.1. The minimum Gasteiger partial charge on any atom is -0.389 e. The van der Waals surface area contributed by atoms with Gasteiger partial charge in [0.15, 0.2) is 0 Å². The van der Waals surface area contributed by atoms with E-state index in [1.165, 1.54) is 27.8 Å². The lowest BCUT2D eigenvalue weighted by Crippen LogP contribution is -1.97. The molecule has 1 N–H and O–H groups in total. The minimum absolute atomic E-state index is 0.490. The molecule has 23 heavy (non-hydrogen) atoms. The van der Waals surface area contributed by atoms with Crippen LogP contribution in [0.5, 0.6) is 0 Å². The normalized spacial score (nSPS) is 12.2. The van der Waals surface area contributed by atoms with Crippen molar-refractivity contribution < 1.29 is 5.11 Å². The van der Waals surface area contributed by atoms with Gasteiger partial charge in [-0.15, -0.1) is 0 Å². The fourth-order valence-corrected chi connectivity index (χ4v) is 3.09. The molecule has 0 saturated carbocycles. The summed E-state index contributed by atoms with van der Waals surface area (Å²) in [6.07, 6.45) is -0.490. The molecule has 0 spiro atoms. The molecule has 116 valence electrons. The van der Waals surface area contributed by atoms with E-state index in [4.69, 9.17) is 0 Å². The van der Waals surface area contributed by atoms with Crippen LogP contribution in [-0.2, 0) is 0 Å². The first-order valence-corrected chi connectivity index (χ1v) is 8.02. The first kappa shape index (κ1) is 15.5. The van der Waals surface area contributed by atoms with Gasteiger partial charge in [0.2, 0.25) is 0 Å². The maximum absolute atomic E-state index is 10.2. The molecule has 0 unspecified atom stereocenters. The summed E-state index contributed by atoms with van der Waals surface area (Å²) in [5.74, 6) is 0. The van der Waals surface area contributed by atoms with Crippen molar-refractivity contribution in [1.82, 2.24) is 0 Å². The monoisotopic (exact) mass is 302 g/mol. The van der Waals surface area contributed by atoms with E-state index in [1.807, 2.05) is 19.1 Å². The van der Waals surface area contributed by atoms with Gasteiger partial charge in [0, 0.05) is 0 Å². The molecule has 3 aromatic carbocycles. The van der Waals surface area contributed by atoms with Gasteiger partial charge in [0.1, 0.15) is 0 Å². The lowest BCUT2D eigenvalue weighted by atomic mass is 9.89. The second-order valence-corrected chi connectivity index (χ2v) is 6.11. The highest BCUT2D eigenvalue weighted by Gasteiger charge is 2.13. The van der Waals surface area contributed by atoms with Crippen molar-refractivity contribution >= 4 is 0 Å². The van der Waals surface area contributed by atoms with Crippen LogP contribution in [0.4, 0.5) is 0 Å². The SMILES string of the molecule is Cc1ccccc1-c1ccc([C@H](C)O)c(-c2ccccc2C)c1. The van der Waals surface area contributed by atoms with Crippen LogP contribution in [-0.4, -0.2) is 5.11 Å². The molecular formula is C22H22O.